The molecule has 1 aliphatic rings. The third kappa shape index (κ3) is 5.24. The van der Waals surface area contributed by atoms with Crippen LogP contribution in [0.25, 0.3) is 16.2 Å². The SMILES string of the molecule is CCN(C(=O)O)C1CCN(C(=O)c2cc(N[C@H](C)C(C)(C)C)nc(-c3cnn4ccsc34)n2)CC1. The molecule has 4 rings (SSSR count). The Labute approximate surface area is 209 Å². The summed E-state index contributed by atoms with van der Waals surface area (Å²) in [6.45, 7) is 11.8. The Morgan fingerprint density at radius 3 is 2.63 bits per heavy atom. The molecule has 2 N–H and O–H groups in total. The maximum atomic E-state index is 13.5. The largest absolute Gasteiger partial charge is 0.465 e. The first kappa shape index (κ1) is 24.9. The molecule has 1 atom stereocenters. The highest BCUT2D eigenvalue weighted by atomic mass is 32.1. The number of aromatic nitrogens is 4. The number of carbonyl (C=O) groups excluding carboxylic acids is 1. The average Bonchev–Trinajstić information content (AvgIpc) is 3.42. The molecular formula is C24H33N7O3S. The van der Waals surface area contributed by atoms with Gasteiger partial charge in [0.1, 0.15) is 16.3 Å². The highest BCUT2D eigenvalue weighted by Gasteiger charge is 2.30. The number of rotatable bonds is 6. The number of amides is 2. The van der Waals surface area contributed by atoms with E-state index in [0.29, 0.717) is 49.8 Å². The van der Waals surface area contributed by atoms with Gasteiger partial charge in [0.15, 0.2) is 5.82 Å². The number of nitrogens with zero attached hydrogens (tertiary/aromatic N) is 6. The summed E-state index contributed by atoms with van der Waals surface area (Å²) < 4.78 is 1.77. The van der Waals surface area contributed by atoms with Crippen LogP contribution in [0.5, 0.6) is 0 Å². The Bertz CT molecular complexity index is 1210. The average molecular weight is 500 g/mol. The number of carboxylic acid groups (broad SMARTS) is 1. The molecular weight excluding hydrogens is 466 g/mol. The molecule has 0 aliphatic carbocycles. The van der Waals surface area contributed by atoms with Gasteiger partial charge in [-0.15, -0.1) is 11.3 Å². The Balaban J connectivity index is 1.62. The van der Waals surface area contributed by atoms with Crippen molar-refractivity contribution >= 4 is 34.0 Å². The van der Waals surface area contributed by atoms with Crippen LogP contribution in [0.3, 0.4) is 0 Å². The van der Waals surface area contributed by atoms with E-state index >= 15 is 0 Å². The van der Waals surface area contributed by atoms with Crippen molar-refractivity contribution < 1.29 is 14.7 Å². The zero-order valence-corrected chi connectivity index (χ0v) is 21.7. The van der Waals surface area contributed by atoms with Gasteiger partial charge in [-0.25, -0.2) is 19.3 Å². The summed E-state index contributed by atoms with van der Waals surface area (Å²) in [5.41, 5.74) is 1.09. The lowest BCUT2D eigenvalue weighted by atomic mass is 9.88. The molecule has 4 heterocycles. The molecule has 0 bridgehead atoms. The van der Waals surface area contributed by atoms with E-state index in [4.69, 9.17) is 4.98 Å². The van der Waals surface area contributed by atoms with Crippen molar-refractivity contribution in [2.45, 2.75) is 59.5 Å². The van der Waals surface area contributed by atoms with Gasteiger partial charge in [0.05, 0.1) is 11.8 Å². The second kappa shape index (κ2) is 9.80. The van der Waals surface area contributed by atoms with Crippen molar-refractivity contribution in [2.75, 3.05) is 25.0 Å². The molecule has 0 unspecified atom stereocenters. The van der Waals surface area contributed by atoms with Crippen LogP contribution >= 0.6 is 11.3 Å². The van der Waals surface area contributed by atoms with Gasteiger partial charge in [-0.05, 0) is 32.1 Å². The number of anilines is 1. The summed E-state index contributed by atoms with van der Waals surface area (Å²) in [6.07, 6.45) is 3.90. The zero-order chi connectivity index (χ0) is 25.3. The fourth-order valence-electron chi connectivity index (χ4n) is 4.16. The van der Waals surface area contributed by atoms with Crippen molar-refractivity contribution in [1.29, 1.82) is 0 Å². The molecule has 1 fully saturated rings. The number of thiazole rings is 1. The van der Waals surface area contributed by atoms with Crippen molar-refractivity contribution in [3.8, 4) is 11.4 Å². The van der Waals surface area contributed by atoms with Crippen LogP contribution in [0, 0.1) is 5.41 Å². The van der Waals surface area contributed by atoms with Gasteiger partial charge >= 0.3 is 6.09 Å². The highest BCUT2D eigenvalue weighted by Crippen LogP contribution is 2.29. The quantitative estimate of drug-likeness (QED) is 0.519. The Morgan fingerprint density at radius 2 is 2.00 bits per heavy atom. The molecule has 1 aliphatic heterocycles. The topological polar surface area (TPSA) is 116 Å². The Morgan fingerprint density at radius 1 is 1.29 bits per heavy atom. The number of nitrogens with one attached hydrogen (secondary N) is 1. The molecule has 11 heteroatoms. The van der Waals surface area contributed by atoms with Crippen LogP contribution in [-0.4, -0.2) is 78.2 Å². The Hall–Kier alpha value is -3.21. The summed E-state index contributed by atoms with van der Waals surface area (Å²) in [5, 5.41) is 19.2. The third-order valence-electron chi connectivity index (χ3n) is 6.76. The van der Waals surface area contributed by atoms with E-state index < -0.39 is 6.09 Å². The van der Waals surface area contributed by atoms with Crippen LogP contribution in [-0.2, 0) is 0 Å². The standard InChI is InChI=1S/C24H33N7O3S/c1-6-30(23(33)34)16-7-9-29(10-8-16)21(32)18-13-19(26-15(2)24(3,4)5)28-20(27-18)17-14-25-31-11-12-35-22(17)31/h11-16H,6-10H2,1-5H3,(H,33,34)(H,26,27,28)/t15-/m1/s1. The van der Waals surface area contributed by atoms with Crippen molar-refractivity contribution in [1.82, 2.24) is 29.4 Å². The van der Waals surface area contributed by atoms with E-state index in [1.165, 1.54) is 4.90 Å². The lowest BCUT2D eigenvalue weighted by Crippen LogP contribution is -2.48. The van der Waals surface area contributed by atoms with Crippen LogP contribution in [0.15, 0.2) is 23.8 Å². The lowest BCUT2D eigenvalue weighted by molar-refractivity contribution is 0.0617. The molecule has 2 amide bonds. The summed E-state index contributed by atoms with van der Waals surface area (Å²) in [6, 6.07) is 1.74. The molecule has 3 aromatic heterocycles. The minimum atomic E-state index is -0.914. The van der Waals surface area contributed by atoms with Crippen LogP contribution < -0.4 is 5.32 Å². The first-order valence-corrected chi connectivity index (χ1v) is 12.8. The van der Waals surface area contributed by atoms with E-state index in [9.17, 15) is 14.7 Å². The molecule has 188 valence electrons. The summed E-state index contributed by atoms with van der Waals surface area (Å²) in [5.74, 6) is 0.871. The van der Waals surface area contributed by atoms with E-state index in [2.05, 4.69) is 43.1 Å². The first-order valence-electron chi connectivity index (χ1n) is 11.9. The van der Waals surface area contributed by atoms with Crippen molar-refractivity contribution in [3.05, 3.63) is 29.5 Å². The van der Waals surface area contributed by atoms with Crippen LogP contribution in [0.1, 0.15) is 57.9 Å². The fourth-order valence-corrected chi connectivity index (χ4v) is 4.95. The molecule has 0 spiro atoms. The summed E-state index contributed by atoms with van der Waals surface area (Å²) in [4.78, 5) is 38.5. The number of hydrogen-bond donors (Lipinski definition) is 2. The monoisotopic (exact) mass is 499 g/mol. The van der Waals surface area contributed by atoms with Crippen LogP contribution in [0.2, 0.25) is 0 Å². The lowest BCUT2D eigenvalue weighted by Gasteiger charge is -2.36. The van der Waals surface area contributed by atoms with Gasteiger partial charge in [-0.1, -0.05) is 20.8 Å². The predicted molar refractivity (Wildman–Crippen MR) is 136 cm³/mol. The fraction of sp³-hybridized carbons (Fsp3) is 0.542. The van der Waals surface area contributed by atoms with Gasteiger partial charge < -0.3 is 20.2 Å². The smallest absolute Gasteiger partial charge is 0.407 e. The van der Waals surface area contributed by atoms with E-state index in [0.717, 1.165) is 10.4 Å². The number of carbonyl (C=O) groups is 2. The zero-order valence-electron chi connectivity index (χ0n) is 20.9. The molecule has 35 heavy (non-hydrogen) atoms. The second-order valence-corrected chi connectivity index (χ2v) is 10.9. The molecule has 0 aromatic carbocycles. The molecule has 0 radical (unpaired) electrons. The van der Waals surface area contributed by atoms with Crippen LogP contribution in [0.4, 0.5) is 10.6 Å². The molecule has 0 saturated carbocycles. The third-order valence-corrected chi connectivity index (χ3v) is 7.65. The summed E-state index contributed by atoms with van der Waals surface area (Å²) in [7, 11) is 0. The highest BCUT2D eigenvalue weighted by molar-refractivity contribution is 7.16. The predicted octanol–water partition coefficient (Wildman–Crippen LogP) is 4.30. The van der Waals surface area contributed by atoms with Gasteiger partial charge in [-0.3, -0.25) is 4.79 Å². The van der Waals surface area contributed by atoms with Gasteiger partial charge in [0.25, 0.3) is 5.91 Å². The second-order valence-electron chi connectivity index (χ2n) is 10.00. The van der Waals surface area contributed by atoms with E-state index in [1.807, 2.05) is 18.5 Å². The van der Waals surface area contributed by atoms with Gasteiger partial charge in [0, 0.05) is 49.4 Å². The van der Waals surface area contributed by atoms with Gasteiger partial charge in [0.2, 0.25) is 0 Å². The van der Waals surface area contributed by atoms with Gasteiger partial charge in [-0.2, -0.15) is 5.10 Å². The molecule has 1 saturated heterocycles. The number of piperidine rings is 1. The van der Waals surface area contributed by atoms with E-state index in [1.54, 1.807) is 33.0 Å². The number of fused-ring (bicyclic) bond motifs is 1. The normalized spacial score (nSPS) is 15.9. The van der Waals surface area contributed by atoms with Crippen molar-refractivity contribution in [2.24, 2.45) is 5.41 Å². The number of hydrogen-bond acceptors (Lipinski definition) is 7. The number of likely N-dealkylation sites (tertiary alicyclic amines) is 1. The molecule has 3 aromatic rings. The summed E-state index contributed by atoms with van der Waals surface area (Å²) >= 11 is 1.54. The first-order chi connectivity index (χ1) is 16.6. The maximum Gasteiger partial charge on any atom is 0.407 e. The minimum Gasteiger partial charge on any atom is -0.465 e. The van der Waals surface area contributed by atoms with E-state index in [-0.39, 0.29) is 23.4 Å². The molecule has 10 nitrogen and oxygen atoms in total. The minimum absolute atomic E-state index is 0.00874. The van der Waals surface area contributed by atoms with Crippen molar-refractivity contribution in [3.63, 3.8) is 0 Å². The Kier molecular flexibility index (Phi) is 6.98. The maximum absolute atomic E-state index is 13.5.